The van der Waals surface area contributed by atoms with Crippen LogP contribution in [0.4, 0.5) is 11.4 Å². The second kappa shape index (κ2) is 8.26. The highest BCUT2D eigenvalue weighted by Crippen LogP contribution is 2.32. The van der Waals surface area contributed by atoms with E-state index in [1.54, 1.807) is 0 Å². The molecule has 28 heavy (non-hydrogen) atoms. The third-order valence-electron chi connectivity index (χ3n) is 4.79. The molecule has 0 radical (unpaired) electrons. The predicted molar refractivity (Wildman–Crippen MR) is 106 cm³/mol. The standard InChI is InChI=1S/C19H23N3O5S/c1-14-5-3-4-6-17(14)15(2)20-18-8-7-16(22(23)24)13-19(18)28(25,26)21-9-11-27-12-10-21/h3-8,13,15,20H,9-12H2,1-2H3/t15-/m1/s1. The summed E-state index contributed by atoms with van der Waals surface area (Å²) >= 11 is 0. The van der Waals surface area contributed by atoms with E-state index < -0.39 is 14.9 Å². The normalized spacial score (nSPS) is 16.5. The first-order chi connectivity index (χ1) is 13.3. The molecule has 0 spiro atoms. The molecule has 1 N–H and O–H groups in total. The first-order valence-electron chi connectivity index (χ1n) is 8.99. The molecular formula is C19H23N3O5S. The van der Waals surface area contributed by atoms with Crippen LogP contribution in [0.2, 0.25) is 0 Å². The number of hydrogen-bond acceptors (Lipinski definition) is 6. The number of benzene rings is 2. The fraction of sp³-hybridized carbons (Fsp3) is 0.368. The quantitative estimate of drug-likeness (QED) is 0.585. The van der Waals surface area contributed by atoms with Crippen LogP contribution in [0.15, 0.2) is 47.4 Å². The van der Waals surface area contributed by atoms with E-state index in [-0.39, 0.29) is 29.7 Å². The van der Waals surface area contributed by atoms with Crippen molar-refractivity contribution in [3.05, 3.63) is 63.7 Å². The molecule has 0 aliphatic carbocycles. The lowest BCUT2D eigenvalue weighted by atomic mass is 10.0. The van der Waals surface area contributed by atoms with E-state index in [9.17, 15) is 18.5 Å². The van der Waals surface area contributed by atoms with Gasteiger partial charge in [0.05, 0.1) is 23.8 Å². The molecule has 1 fully saturated rings. The summed E-state index contributed by atoms with van der Waals surface area (Å²) < 4.78 is 32.9. The number of nitrogens with one attached hydrogen (secondary N) is 1. The lowest BCUT2D eigenvalue weighted by Gasteiger charge is -2.27. The van der Waals surface area contributed by atoms with Gasteiger partial charge in [-0.3, -0.25) is 10.1 Å². The number of aryl methyl sites for hydroxylation is 1. The van der Waals surface area contributed by atoms with Crippen LogP contribution in [0.25, 0.3) is 0 Å². The molecule has 0 unspecified atom stereocenters. The molecule has 1 aliphatic heterocycles. The van der Waals surface area contributed by atoms with Crippen LogP contribution in [0.5, 0.6) is 0 Å². The average Bonchev–Trinajstić information content (AvgIpc) is 2.69. The van der Waals surface area contributed by atoms with Gasteiger partial charge in [-0.05, 0) is 31.0 Å². The Hall–Kier alpha value is -2.49. The number of morpholine rings is 1. The summed E-state index contributed by atoms with van der Waals surface area (Å²) in [5.74, 6) is 0. The molecule has 8 nitrogen and oxygen atoms in total. The van der Waals surface area contributed by atoms with E-state index in [1.807, 2.05) is 38.1 Å². The monoisotopic (exact) mass is 405 g/mol. The van der Waals surface area contributed by atoms with Crippen LogP contribution < -0.4 is 5.32 Å². The lowest BCUT2D eigenvalue weighted by Crippen LogP contribution is -2.40. The maximum atomic E-state index is 13.2. The molecular weight excluding hydrogens is 382 g/mol. The summed E-state index contributed by atoms with van der Waals surface area (Å²) in [4.78, 5) is 10.5. The summed E-state index contributed by atoms with van der Waals surface area (Å²) in [7, 11) is -3.90. The number of ether oxygens (including phenoxy) is 1. The minimum Gasteiger partial charge on any atom is -0.379 e. The number of non-ortho nitro benzene ring substituents is 1. The van der Waals surface area contributed by atoms with Crippen LogP contribution in [0.3, 0.4) is 0 Å². The number of nitrogens with zero attached hydrogens (tertiary/aromatic N) is 2. The van der Waals surface area contributed by atoms with Gasteiger partial charge in [0.1, 0.15) is 4.90 Å². The van der Waals surface area contributed by atoms with Crippen LogP contribution in [-0.4, -0.2) is 43.9 Å². The summed E-state index contributed by atoms with van der Waals surface area (Å²) in [6.07, 6.45) is 0. The molecule has 150 valence electrons. The van der Waals surface area contributed by atoms with Crippen molar-refractivity contribution in [2.24, 2.45) is 0 Å². The number of anilines is 1. The summed E-state index contributed by atoms with van der Waals surface area (Å²) in [5, 5.41) is 14.4. The van der Waals surface area contributed by atoms with Gasteiger partial charge >= 0.3 is 0 Å². The van der Waals surface area contributed by atoms with Crippen molar-refractivity contribution < 1.29 is 18.1 Å². The van der Waals surface area contributed by atoms with Crippen LogP contribution in [0.1, 0.15) is 24.1 Å². The molecule has 2 aromatic carbocycles. The molecule has 1 saturated heterocycles. The maximum Gasteiger partial charge on any atom is 0.270 e. The Labute approximate surface area is 164 Å². The van der Waals surface area contributed by atoms with E-state index in [0.717, 1.165) is 17.2 Å². The van der Waals surface area contributed by atoms with Gasteiger partial charge in [-0.25, -0.2) is 8.42 Å². The fourth-order valence-electron chi connectivity index (χ4n) is 3.27. The predicted octanol–water partition coefficient (Wildman–Crippen LogP) is 3.10. The van der Waals surface area contributed by atoms with Gasteiger partial charge in [-0.1, -0.05) is 24.3 Å². The van der Waals surface area contributed by atoms with Gasteiger partial charge in [0.15, 0.2) is 0 Å². The lowest BCUT2D eigenvalue weighted by molar-refractivity contribution is -0.385. The zero-order valence-electron chi connectivity index (χ0n) is 15.8. The zero-order valence-corrected chi connectivity index (χ0v) is 16.6. The highest BCUT2D eigenvalue weighted by atomic mass is 32.2. The summed E-state index contributed by atoms with van der Waals surface area (Å²) in [6, 6.07) is 11.5. The van der Waals surface area contributed by atoms with E-state index in [1.165, 1.54) is 16.4 Å². The van der Waals surface area contributed by atoms with Crippen molar-refractivity contribution in [1.29, 1.82) is 0 Å². The molecule has 0 bridgehead atoms. The molecule has 1 heterocycles. The molecule has 1 atom stereocenters. The SMILES string of the molecule is Cc1ccccc1[C@@H](C)Nc1ccc([N+](=O)[O-])cc1S(=O)(=O)N1CCOCC1. The van der Waals surface area contributed by atoms with Crippen molar-refractivity contribution in [3.8, 4) is 0 Å². The molecule has 0 amide bonds. The van der Waals surface area contributed by atoms with Crippen LogP contribution in [-0.2, 0) is 14.8 Å². The van der Waals surface area contributed by atoms with Gasteiger partial charge in [-0.15, -0.1) is 0 Å². The fourth-order valence-corrected chi connectivity index (χ4v) is 4.85. The van der Waals surface area contributed by atoms with E-state index in [2.05, 4.69) is 5.32 Å². The average molecular weight is 405 g/mol. The zero-order chi connectivity index (χ0) is 20.3. The number of nitro benzene ring substituents is 1. The molecule has 3 rings (SSSR count). The Balaban J connectivity index is 2.01. The van der Waals surface area contributed by atoms with Crippen LogP contribution >= 0.6 is 0 Å². The van der Waals surface area contributed by atoms with E-state index >= 15 is 0 Å². The smallest absolute Gasteiger partial charge is 0.270 e. The third kappa shape index (κ3) is 4.16. The minimum absolute atomic E-state index is 0.0935. The van der Waals surface area contributed by atoms with Crippen molar-refractivity contribution >= 4 is 21.4 Å². The Morgan fingerprint density at radius 3 is 2.50 bits per heavy atom. The number of sulfonamides is 1. The van der Waals surface area contributed by atoms with Gasteiger partial charge < -0.3 is 10.1 Å². The summed E-state index contributed by atoms with van der Waals surface area (Å²) in [5.41, 5.74) is 2.17. The molecule has 0 saturated carbocycles. The Morgan fingerprint density at radius 1 is 1.18 bits per heavy atom. The highest BCUT2D eigenvalue weighted by molar-refractivity contribution is 7.89. The van der Waals surface area contributed by atoms with Crippen molar-refractivity contribution in [3.63, 3.8) is 0 Å². The van der Waals surface area contributed by atoms with E-state index in [0.29, 0.717) is 18.9 Å². The molecule has 2 aromatic rings. The second-order valence-corrected chi connectivity index (χ2v) is 8.58. The third-order valence-corrected chi connectivity index (χ3v) is 6.73. The first kappa shape index (κ1) is 20.2. The topological polar surface area (TPSA) is 102 Å². The van der Waals surface area contributed by atoms with Gasteiger partial charge in [0, 0.05) is 31.3 Å². The minimum atomic E-state index is -3.90. The van der Waals surface area contributed by atoms with Crippen molar-refractivity contribution in [2.75, 3.05) is 31.6 Å². The van der Waals surface area contributed by atoms with Crippen molar-refractivity contribution in [2.45, 2.75) is 24.8 Å². The number of rotatable bonds is 6. The number of hydrogen-bond donors (Lipinski definition) is 1. The van der Waals surface area contributed by atoms with Gasteiger partial charge in [0.25, 0.3) is 5.69 Å². The number of nitro groups is 1. The Bertz CT molecular complexity index is 971. The summed E-state index contributed by atoms with van der Waals surface area (Å²) in [6.45, 7) is 4.95. The van der Waals surface area contributed by atoms with Gasteiger partial charge in [0.2, 0.25) is 10.0 Å². The highest BCUT2D eigenvalue weighted by Gasteiger charge is 2.30. The van der Waals surface area contributed by atoms with Gasteiger partial charge in [-0.2, -0.15) is 4.31 Å². The van der Waals surface area contributed by atoms with Crippen LogP contribution in [0, 0.1) is 17.0 Å². The van der Waals surface area contributed by atoms with Crippen molar-refractivity contribution in [1.82, 2.24) is 4.31 Å². The molecule has 9 heteroatoms. The Kier molecular flexibility index (Phi) is 5.97. The first-order valence-corrected chi connectivity index (χ1v) is 10.4. The second-order valence-electron chi connectivity index (χ2n) is 6.68. The molecule has 0 aromatic heterocycles. The Morgan fingerprint density at radius 2 is 1.86 bits per heavy atom. The maximum absolute atomic E-state index is 13.2. The molecule has 1 aliphatic rings. The largest absolute Gasteiger partial charge is 0.379 e. The van der Waals surface area contributed by atoms with E-state index in [4.69, 9.17) is 4.74 Å².